The summed E-state index contributed by atoms with van der Waals surface area (Å²) < 4.78 is 0. The van der Waals surface area contributed by atoms with E-state index in [-0.39, 0.29) is 17.6 Å². The molecule has 0 saturated carbocycles. The minimum atomic E-state index is -0.729. The van der Waals surface area contributed by atoms with Gasteiger partial charge in [0.05, 0.1) is 12.1 Å². The molecule has 0 aromatic carbocycles. The van der Waals surface area contributed by atoms with Crippen molar-refractivity contribution in [3.05, 3.63) is 20.9 Å². The number of Topliss-reactive ketones (excluding diaryl/α,β-unsaturated/α-hetero) is 1. The Morgan fingerprint density at radius 1 is 1.28 bits per heavy atom. The summed E-state index contributed by atoms with van der Waals surface area (Å²) in [6, 6.07) is 4.09. The largest absolute Gasteiger partial charge is 0.294 e. The number of fused-ring (bicyclic) bond motifs is 1. The molecule has 1 aromatic heterocycles. The smallest absolute Gasteiger partial charge is 0.168 e. The van der Waals surface area contributed by atoms with Crippen molar-refractivity contribution >= 4 is 17.1 Å². The summed E-state index contributed by atoms with van der Waals surface area (Å²) in [5.74, 6) is -1.05. The number of carbonyl (C=O) groups is 1. The molecule has 1 aliphatic carbocycles. The molecule has 0 amide bonds. The lowest BCUT2D eigenvalue weighted by Gasteiger charge is -2.18. The minimum Gasteiger partial charge on any atom is -0.294 e. The molecular formula is C14H14N2OS. The number of nitrogens with zero attached hydrogens (tertiary/aromatic N) is 2. The molecule has 0 aliphatic heterocycles. The normalized spacial score (nSPS) is 21.8. The number of thiophene rings is 1. The van der Waals surface area contributed by atoms with E-state index >= 15 is 0 Å². The van der Waals surface area contributed by atoms with Gasteiger partial charge in [-0.2, -0.15) is 10.5 Å². The molecule has 4 heteroatoms. The monoisotopic (exact) mass is 258 g/mol. The van der Waals surface area contributed by atoms with Crippen molar-refractivity contribution in [2.75, 3.05) is 0 Å². The van der Waals surface area contributed by atoms with Gasteiger partial charge in [-0.05, 0) is 25.8 Å². The molecular weight excluding hydrogens is 244 g/mol. The van der Waals surface area contributed by atoms with Crippen LogP contribution in [0.4, 0.5) is 0 Å². The summed E-state index contributed by atoms with van der Waals surface area (Å²) in [5, 5.41) is 18.3. The Balaban J connectivity index is 2.64. The molecule has 1 aromatic rings. The maximum atomic E-state index is 12.4. The molecule has 18 heavy (non-hydrogen) atoms. The lowest BCUT2D eigenvalue weighted by atomic mass is 9.81. The molecule has 2 unspecified atom stereocenters. The highest BCUT2D eigenvalue weighted by atomic mass is 32.1. The van der Waals surface area contributed by atoms with E-state index in [4.69, 9.17) is 10.5 Å². The summed E-state index contributed by atoms with van der Waals surface area (Å²) in [4.78, 5) is 14.5. The number of hydrogen-bond acceptors (Lipinski definition) is 4. The van der Waals surface area contributed by atoms with Crippen LogP contribution in [0.5, 0.6) is 0 Å². The first-order valence-corrected chi connectivity index (χ1v) is 6.81. The van der Waals surface area contributed by atoms with Gasteiger partial charge in [-0.3, -0.25) is 4.79 Å². The molecule has 0 N–H and O–H groups in total. The van der Waals surface area contributed by atoms with E-state index in [1.54, 1.807) is 11.3 Å². The summed E-state index contributed by atoms with van der Waals surface area (Å²) in [6.07, 6.45) is 0.682. The Morgan fingerprint density at radius 3 is 2.39 bits per heavy atom. The number of aryl methyl sites for hydroxylation is 2. The van der Waals surface area contributed by atoms with Crippen molar-refractivity contribution in [3.8, 4) is 12.1 Å². The Bertz CT molecular complexity index is 574. The molecule has 3 nitrogen and oxygen atoms in total. The minimum absolute atomic E-state index is 0.120. The molecule has 0 saturated heterocycles. The van der Waals surface area contributed by atoms with Crippen LogP contribution in [-0.2, 0) is 0 Å². The standard InChI is InChI=1S/C14H14N2OS/c1-4-10-13(9(5-15)6-16)11-7(2)18-8(3)12(11)14(10)17/h9-10,13H,4H2,1-3H3. The van der Waals surface area contributed by atoms with Gasteiger partial charge in [0.25, 0.3) is 0 Å². The predicted octanol–water partition coefficient (Wildman–Crippen LogP) is 3.33. The maximum absolute atomic E-state index is 12.4. The molecule has 1 aliphatic rings. The Labute approximate surface area is 111 Å². The van der Waals surface area contributed by atoms with Crippen molar-refractivity contribution in [2.24, 2.45) is 11.8 Å². The first kappa shape index (κ1) is 12.8. The van der Waals surface area contributed by atoms with E-state index in [0.29, 0.717) is 6.42 Å². The summed E-state index contributed by atoms with van der Waals surface area (Å²) >= 11 is 1.59. The van der Waals surface area contributed by atoms with Gasteiger partial charge in [-0.15, -0.1) is 11.3 Å². The van der Waals surface area contributed by atoms with E-state index in [9.17, 15) is 4.79 Å². The van der Waals surface area contributed by atoms with Crippen molar-refractivity contribution in [3.63, 3.8) is 0 Å². The van der Waals surface area contributed by atoms with Crippen LogP contribution in [0, 0.1) is 48.3 Å². The third-order valence-corrected chi connectivity index (χ3v) is 4.77. The molecule has 1 heterocycles. The third kappa shape index (κ3) is 1.57. The van der Waals surface area contributed by atoms with Gasteiger partial charge in [-0.1, -0.05) is 6.92 Å². The highest BCUT2D eigenvalue weighted by Crippen LogP contribution is 2.49. The summed E-state index contributed by atoms with van der Waals surface area (Å²) in [6.45, 7) is 5.86. The van der Waals surface area contributed by atoms with E-state index in [0.717, 1.165) is 20.9 Å². The number of nitriles is 2. The van der Waals surface area contributed by atoms with Crippen LogP contribution < -0.4 is 0 Å². The highest BCUT2D eigenvalue weighted by Gasteiger charge is 2.45. The van der Waals surface area contributed by atoms with Gasteiger partial charge in [0, 0.05) is 27.2 Å². The van der Waals surface area contributed by atoms with Gasteiger partial charge in [0.15, 0.2) is 5.78 Å². The van der Waals surface area contributed by atoms with E-state index in [1.807, 2.05) is 32.9 Å². The number of hydrogen-bond donors (Lipinski definition) is 0. The van der Waals surface area contributed by atoms with E-state index < -0.39 is 5.92 Å². The molecule has 2 rings (SSSR count). The maximum Gasteiger partial charge on any atom is 0.168 e. The Morgan fingerprint density at radius 2 is 1.89 bits per heavy atom. The molecule has 0 fully saturated rings. The van der Waals surface area contributed by atoms with Gasteiger partial charge < -0.3 is 0 Å². The van der Waals surface area contributed by atoms with Gasteiger partial charge in [0.2, 0.25) is 0 Å². The topological polar surface area (TPSA) is 64.7 Å². The van der Waals surface area contributed by atoms with E-state index in [1.165, 1.54) is 0 Å². The van der Waals surface area contributed by atoms with Gasteiger partial charge in [-0.25, -0.2) is 0 Å². The molecule has 0 spiro atoms. The lowest BCUT2D eigenvalue weighted by Crippen LogP contribution is -2.19. The van der Waals surface area contributed by atoms with E-state index in [2.05, 4.69) is 0 Å². The average Bonchev–Trinajstić information content (AvgIpc) is 2.79. The van der Waals surface area contributed by atoms with Crippen LogP contribution in [0.15, 0.2) is 0 Å². The van der Waals surface area contributed by atoms with Crippen molar-refractivity contribution in [1.29, 1.82) is 10.5 Å². The molecule has 0 radical (unpaired) electrons. The third-order valence-electron chi connectivity index (χ3n) is 3.73. The Kier molecular flexibility index (Phi) is 3.24. The molecule has 92 valence electrons. The lowest BCUT2D eigenvalue weighted by molar-refractivity contribution is 0.0915. The van der Waals surface area contributed by atoms with Crippen molar-refractivity contribution in [2.45, 2.75) is 33.1 Å². The average molecular weight is 258 g/mol. The first-order valence-electron chi connectivity index (χ1n) is 6.00. The zero-order valence-corrected chi connectivity index (χ0v) is 11.5. The summed E-state index contributed by atoms with van der Waals surface area (Å²) in [7, 11) is 0. The molecule has 2 atom stereocenters. The fourth-order valence-corrected chi connectivity index (χ4v) is 4.11. The fourth-order valence-electron chi connectivity index (χ4n) is 2.99. The van der Waals surface area contributed by atoms with Crippen LogP contribution in [0.25, 0.3) is 0 Å². The number of carbonyl (C=O) groups excluding carboxylic acids is 1. The van der Waals surface area contributed by atoms with Crippen molar-refractivity contribution < 1.29 is 4.79 Å². The SMILES string of the molecule is CCC1C(=O)c2c(C)sc(C)c2C1C(C#N)C#N. The Hall–Kier alpha value is -1.65. The van der Waals surface area contributed by atoms with Crippen molar-refractivity contribution in [1.82, 2.24) is 0 Å². The second-order valence-electron chi connectivity index (χ2n) is 4.64. The highest BCUT2D eigenvalue weighted by molar-refractivity contribution is 7.12. The van der Waals surface area contributed by atoms with Crippen LogP contribution in [0.1, 0.15) is 44.9 Å². The van der Waals surface area contributed by atoms with Crippen LogP contribution >= 0.6 is 11.3 Å². The van der Waals surface area contributed by atoms with Crippen LogP contribution in [0.3, 0.4) is 0 Å². The quantitative estimate of drug-likeness (QED) is 0.817. The second kappa shape index (κ2) is 4.55. The summed E-state index contributed by atoms with van der Waals surface area (Å²) in [5.41, 5.74) is 1.74. The molecule has 0 bridgehead atoms. The zero-order valence-electron chi connectivity index (χ0n) is 10.7. The van der Waals surface area contributed by atoms with Gasteiger partial charge >= 0.3 is 0 Å². The van der Waals surface area contributed by atoms with Crippen LogP contribution in [-0.4, -0.2) is 5.78 Å². The first-order chi connectivity index (χ1) is 8.56. The predicted molar refractivity (Wildman–Crippen MR) is 69.4 cm³/mol. The zero-order chi connectivity index (χ0) is 13.4. The van der Waals surface area contributed by atoms with Gasteiger partial charge in [0.1, 0.15) is 5.92 Å². The number of ketones is 1. The second-order valence-corrected chi connectivity index (χ2v) is 6.07. The fraction of sp³-hybridized carbons (Fsp3) is 0.500. The number of rotatable bonds is 2. The van der Waals surface area contributed by atoms with Crippen LogP contribution in [0.2, 0.25) is 0 Å².